The molecule has 0 saturated carbocycles. The molecule has 3 unspecified atom stereocenters. The minimum atomic E-state index is -5.81. The predicted molar refractivity (Wildman–Crippen MR) is 98.1 cm³/mol. The summed E-state index contributed by atoms with van der Waals surface area (Å²) in [7, 11) is -17.0. The van der Waals surface area contributed by atoms with E-state index in [-0.39, 0.29) is 0 Å². The molecule has 1 aliphatic rings. The lowest BCUT2D eigenvalue weighted by molar-refractivity contribution is -0.120. The van der Waals surface area contributed by atoms with Crippen molar-refractivity contribution < 1.29 is 70.1 Å². The summed E-state index contributed by atoms with van der Waals surface area (Å²) in [6.07, 6.45) is -5.39. The number of nitrogens with two attached hydrogens (primary N) is 1. The van der Waals surface area contributed by atoms with E-state index in [0.29, 0.717) is 10.8 Å². The highest BCUT2D eigenvalue weighted by molar-refractivity contribution is 7.71. The average Bonchev–Trinajstić information content (AvgIpc) is 2.85. The van der Waals surface area contributed by atoms with E-state index in [4.69, 9.17) is 37.4 Å². The number of halogens is 2. The van der Waals surface area contributed by atoms with Gasteiger partial charge in [0.1, 0.15) is 18.9 Å². The highest BCUT2D eigenvalue weighted by atomic mass is 32.1. The van der Waals surface area contributed by atoms with Crippen LogP contribution in [0.2, 0.25) is 0 Å². The van der Waals surface area contributed by atoms with Crippen molar-refractivity contribution in [1.29, 1.82) is 0 Å². The number of anilines is 1. The Kier molecular flexibility index (Phi) is 8.15. The minimum absolute atomic E-state index is 0.499. The number of aliphatic hydroxyl groups is 2. The maximum absolute atomic E-state index is 13.8. The molecule has 2 heterocycles. The number of nitrogens with zero attached hydrogens (tertiary/aromatic N) is 2. The first-order chi connectivity index (χ1) is 14.4. The number of rotatable bonds is 9. The molecule has 1 fully saturated rings. The molecular weight excluding hydrogens is 533 g/mol. The van der Waals surface area contributed by atoms with Crippen LogP contribution in [0.15, 0.2) is 6.20 Å². The fourth-order valence-corrected chi connectivity index (χ4v) is 5.78. The molecule has 0 amide bonds. The minimum Gasteiger partial charge on any atom is -0.387 e. The molecule has 16 nitrogen and oxygen atoms in total. The highest BCUT2D eigenvalue weighted by Gasteiger charge is 2.57. The Morgan fingerprint density at radius 1 is 1.25 bits per heavy atom. The van der Waals surface area contributed by atoms with Gasteiger partial charge in [0.25, 0.3) is 0 Å². The van der Waals surface area contributed by atoms with Crippen LogP contribution in [-0.2, 0) is 31.6 Å². The summed E-state index contributed by atoms with van der Waals surface area (Å²) >= 11 is 4.83. The first-order valence-corrected chi connectivity index (χ1v) is 12.8. The molecule has 1 aromatic rings. The second kappa shape index (κ2) is 9.48. The Hall–Kier alpha value is -0.750. The number of ether oxygens (including phenoxy) is 1. The Labute approximate surface area is 181 Å². The summed E-state index contributed by atoms with van der Waals surface area (Å²) in [5, 5.41) is 20.7. The normalized spacial score (nSPS) is 30.1. The Morgan fingerprint density at radius 2 is 1.84 bits per heavy atom. The van der Waals surface area contributed by atoms with Crippen LogP contribution in [0.1, 0.15) is 6.23 Å². The SMILES string of the molecule is Nc1nc(=S)n([C@@H]2O[C@H](COP(=O)(O)OP(=O)(O)OP(=O)(O)O)C(O)[C@]2(O)CF)cc1F. The molecule has 0 radical (unpaired) electrons. The van der Waals surface area contributed by atoms with Gasteiger partial charge >= 0.3 is 23.5 Å². The van der Waals surface area contributed by atoms with Crippen molar-refractivity contribution in [2.75, 3.05) is 19.0 Å². The van der Waals surface area contributed by atoms with Gasteiger partial charge in [-0.3, -0.25) is 9.09 Å². The molecule has 0 bridgehead atoms. The van der Waals surface area contributed by atoms with Crippen molar-refractivity contribution in [2.24, 2.45) is 0 Å². The van der Waals surface area contributed by atoms with Crippen molar-refractivity contribution in [3.8, 4) is 0 Å². The zero-order valence-electron chi connectivity index (χ0n) is 15.2. The number of alkyl halides is 1. The van der Waals surface area contributed by atoms with Crippen LogP contribution in [-0.4, -0.2) is 70.4 Å². The Balaban J connectivity index is 2.21. The summed E-state index contributed by atoms with van der Waals surface area (Å²) < 4.78 is 77.6. The van der Waals surface area contributed by atoms with E-state index in [9.17, 15) is 37.6 Å². The standard InChI is InChI=1S/C10H16F2N3O13P3S/c11-3-10(17)6(16)5(26-8(10)15-1-4(12)7(13)14-9(15)32)2-25-30(21,22)28-31(23,24)27-29(18,19)20/h1,5-6,8,16-17H,2-3H2,(H,21,22)(H,23,24)(H2,13,14,32)(H2,18,19,20)/t5-,6?,8-,10-/m1/s1. The second-order valence-electron chi connectivity index (χ2n) is 6.15. The molecular formula is C10H16F2N3O13P3S. The maximum Gasteiger partial charge on any atom is 0.490 e. The average molecular weight is 549 g/mol. The zero-order valence-corrected chi connectivity index (χ0v) is 18.7. The van der Waals surface area contributed by atoms with E-state index >= 15 is 0 Å². The lowest BCUT2D eigenvalue weighted by atomic mass is 9.95. The molecule has 0 spiro atoms. The third-order valence-corrected chi connectivity index (χ3v) is 7.92. The number of hydrogen-bond acceptors (Lipinski definition) is 12. The van der Waals surface area contributed by atoms with Gasteiger partial charge in [0.2, 0.25) is 4.77 Å². The Bertz CT molecular complexity index is 1070. The van der Waals surface area contributed by atoms with Crippen LogP contribution in [0.3, 0.4) is 0 Å². The number of phosphoric acid groups is 3. The summed E-state index contributed by atoms with van der Waals surface area (Å²) in [4.78, 5) is 38.9. The fourth-order valence-electron chi connectivity index (χ4n) is 2.50. The molecule has 184 valence electrons. The summed E-state index contributed by atoms with van der Waals surface area (Å²) in [6, 6.07) is 0. The second-order valence-corrected chi connectivity index (χ2v) is 10.9. The number of phosphoric ester groups is 1. The smallest absolute Gasteiger partial charge is 0.387 e. The van der Waals surface area contributed by atoms with E-state index in [1.165, 1.54) is 0 Å². The molecule has 1 aliphatic heterocycles. The van der Waals surface area contributed by atoms with Gasteiger partial charge < -0.3 is 40.3 Å². The fraction of sp³-hybridized carbons (Fsp3) is 0.600. The number of hydrogen-bond donors (Lipinski definition) is 7. The van der Waals surface area contributed by atoms with Gasteiger partial charge in [0, 0.05) is 6.20 Å². The molecule has 8 N–H and O–H groups in total. The van der Waals surface area contributed by atoms with Crippen LogP contribution in [0, 0.1) is 10.6 Å². The number of aliphatic hydroxyl groups excluding tert-OH is 1. The quantitative estimate of drug-likeness (QED) is 0.153. The van der Waals surface area contributed by atoms with Gasteiger partial charge in [-0.1, -0.05) is 0 Å². The molecule has 1 aromatic heterocycles. The van der Waals surface area contributed by atoms with Gasteiger partial charge in [0.05, 0.1) is 6.61 Å². The van der Waals surface area contributed by atoms with E-state index in [1.54, 1.807) is 0 Å². The zero-order chi connectivity index (χ0) is 24.7. The van der Waals surface area contributed by atoms with Crippen LogP contribution in [0.25, 0.3) is 0 Å². The third-order valence-electron chi connectivity index (χ3n) is 3.81. The summed E-state index contributed by atoms with van der Waals surface area (Å²) in [6.45, 7) is -2.92. The van der Waals surface area contributed by atoms with Crippen LogP contribution < -0.4 is 5.73 Å². The van der Waals surface area contributed by atoms with E-state index in [0.717, 1.165) is 0 Å². The van der Waals surface area contributed by atoms with Gasteiger partial charge in [-0.25, -0.2) is 22.5 Å². The van der Waals surface area contributed by atoms with Gasteiger partial charge in [-0.15, -0.1) is 0 Å². The highest BCUT2D eigenvalue weighted by Crippen LogP contribution is 2.66. The summed E-state index contributed by atoms with van der Waals surface area (Å²) in [5.41, 5.74) is 2.44. The first kappa shape index (κ1) is 27.5. The largest absolute Gasteiger partial charge is 0.490 e. The predicted octanol–water partition coefficient (Wildman–Crippen LogP) is -0.364. The van der Waals surface area contributed by atoms with Crippen molar-refractivity contribution in [1.82, 2.24) is 9.55 Å². The topological polar surface area (TPSA) is 253 Å². The van der Waals surface area contributed by atoms with Gasteiger partial charge in [0.15, 0.2) is 23.5 Å². The lowest BCUT2D eigenvalue weighted by Gasteiger charge is -2.29. The van der Waals surface area contributed by atoms with Crippen molar-refractivity contribution in [3.63, 3.8) is 0 Å². The molecule has 6 atom stereocenters. The van der Waals surface area contributed by atoms with Crippen LogP contribution >= 0.6 is 35.7 Å². The first-order valence-electron chi connectivity index (χ1n) is 7.85. The van der Waals surface area contributed by atoms with Crippen molar-refractivity contribution >= 4 is 41.5 Å². The van der Waals surface area contributed by atoms with E-state index in [1.807, 2.05) is 0 Å². The van der Waals surface area contributed by atoms with E-state index in [2.05, 4.69) is 18.1 Å². The number of aromatic nitrogens is 2. The van der Waals surface area contributed by atoms with Gasteiger partial charge in [-0.2, -0.15) is 13.6 Å². The van der Waals surface area contributed by atoms with E-state index < -0.39 is 77.2 Å². The lowest BCUT2D eigenvalue weighted by Crippen LogP contribution is -2.49. The van der Waals surface area contributed by atoms with Crippen LogP contribution in [0.4, 0.5) is 14.6 Å². The molecule has 22 heteroatoms. The molecule has 0 aromatic carbocycles. The maximum atomic E-state index is 13.8. The number of nitrogen functional groups attached to an aromatic ring is 1. The molecule has 2 rings (SSSR count). The van der Waals surface area contributed by atoms with Crippen LogP contribution in [0.5, 0.6) is 0 Å². The van der Waals surface area contributed by atoms with Crippen molar-refractivity contribution in [2.45, 2.75) is 24.0 Å². The van der Waals surface area contributed by atoms with Gasteiger partial charge in [-0.05, 0) is 12.2 Å². The summed E-state index contributed by atoms with van der Waals surface area (Å²) in [5.74, 6) is -1.77. The third kappa shape index (κ3) is 6.43. The molecule has 32 heavy (non-hydrogen) atoms. The Morgan fingerprint density at radius 3 is 2.38 bits per heavy atom. The van der Waals surface area contributed by atoms with Crippen molar-refractivity contribution in [3.05, 3.63) is 16.8 Å². The molecule has 0 aliphatic carbocycles. The molecule has 1 saturated heterocycles. The monoisotopic (exact) mass is 549 g/mol.